The van der Waals surface area contributed by atoms with Gasteiger partial charge in [-0.25, -0.2) is 67.0 Å². The summed E-state index contributed by atoms with van der Waals surface area (Å²) >= 11 is 17.0. The van der Waals surface area contributed by atoms with Gasteiger partial charge in [-0.1, -0.05) is 41.4 Å². The number of fused-ring (bicyclic) bond motifs is 3. The van der Waals surface area contributed by atoms with Crippen LogP contribution in [0.3, 0.4) is 0 Å². The number of amides is 5. The van der Waals surface area contributed by atoms with Crippen molar-refractivity contribution in [2.24, 2.45) is 5.73 Å². The molecule has 0 aliphatic heterocycles. The molecule has 30 nitrogen and oxygen atoms in total. The van der Waals surface area contributed by atoms with E-state index in [1.54, 1.807) is 141 Å². The predicted octanol–water partition coefficient (Wildman–Crippen LogP) is 13.7. The number of aromatic nitrogens is 10. The Balaban J connectivity index is 0.000000201. The molecular formula is C85H98Cl3F4N19O11. The van der Waals surface area contributed by atoms with Crippen LogP contribution >= 0.6 is 34.8 Å². The van der Waals surface area contributed by atoms with Crippen molar-refractivity contribution in [1.82, 2.24) is 60.5 Å². The number of nitrogens with zero attached hydrogens (tertiary/aromatic N) is 13. The van der Waals surface area contributed by atoms with Crippen molar-refractivity contribution in [2.45, 2.75) is 111 Å². The summed E-state index contributed by atoms with van der Waals surface area (Å²) in [6.07, 6.45) is 13.2. The van der Waals surface area contributed by atoms with Gasteiger partial charge in [0.05, 0.1) is 38.4 Å². The summed E-state index contributed by atoms with van der Waals surface area (Å²) in [7, 11) is 6.38. The van der Waals surface area contributed by atoms with E-state index in [0.29, 0.717) is 106 Å². The molecule has 10 aromatic rings. The van der Waals surface area contributed by atoms with Crippen LogP contribution in [0.2, 0.25) is 15.6 Å². The maximum atomic E-state index is 13.5. The van der Waals surface area contributed by atoms with E-state index in [1.807, 2.05) is 27.8 Å². The van der Waals surface area contributed by atoms with Crippen LogP contribution in [0.5, 0.6) is 17.2 Å². The summed E-state index contributed by atoms with van der Waals surface area (Å²) < 4.78 is 79.1. The van der Waals surface area contributed by atoms with Gasteiger partial charge in [0.25, 0.3) is 0 Å². The van der Waals surface area contributed by atoms with E-state index in [2.05, 4.69) is 56.5 Å². The highest BCUT2D eigenvalue weighted by Crippen LogP contribution is 2.35. The van der Waals surface area contributed by atoms with Crippen LogP contribution in [0.15, 0.2) is 146 Å². The van der Waals surface area contributed by atoms with Crippen LogP contribution in [0.1, 0.15) is 94.6 Å². The molecule has 13 rings (SSSR count). The minimum absolute atomic E-state index is 0.0284. The van der Waals surface area contributed by atoms with E-state index in [1.165, 1.54) is 48.7 Å². The molecule has 648 valence electrons. The Morgan fingerprint density at radius 1 is 0.434 bits per heavy atom. The van der Waals surface area contributed by atoms with Crippen LogP contribution in [0, 0.1) is 23.3 Å². The van der Waals surface area contributed by atoms with Crippen molar-refractivity contribution in [3.8, 4) is 40.3 Å². The number of hydrogen-bond donors (Lipinski definition) is 7. The lowest BCUT2D eigenvalue weighted by Gasteiger charge is -2.21. The van der Waals surface area contributed by atoms with E-state index >= 15 is 0 Å². The molecule has 37 heteroatoms. The van der Waals surface area contributed by atoms with Gasteiger partial charge < -0.3 is 75.8 Å². The molecule has 7 aromatic heterocycles. The van der Waals surface area contributed by atoms with Crippen molar-refractivity contribution in [2.75, 3.05) is 118 Å². The molecule has 3 aliphatic carbocycles. The van der Waals surface area contributed by atoms with Crippen LogP contribution < -0.4 is 61.2 Å². The number of halogens is 7. The van der Waals surface area contributed by atoms with Crippen molar-refractivity contribution in [3.63, 3.8) is 0 Å². The summed E-state index contributed by atoms with van der Waals surface area (Å²) in [5.74, 6) is 2.41. The average molecular weight is 1740 g/mol. The minimum Gasteiger partial charge on any atom is -0.492 e. The van der Waals surface area contributed by atoms with Gasteiger partial charge in [-0.2, -0.15) is 0 Å². The number of aliphatic hydroxyl groups is 1. The molecule has 0 radical (unpaired) electrons. The standard InChI is InChI=1S/C28H33FN6O4.C23H25FN6O2.C16H16ClFN4O.C12H17ClN2O3.C5H3ClFN.CH4O/c1-28(2,3)39-27(37)31-13-14-38-20-11-12-30-23(16-20)25-33-22-10-6-9-21(22)26(34-25)35(4)17-24(36)32-19-8-5-7-18(29)15-19;1-30(14-21(31)27-16-5-2-4-15(24)12-16)23-18-6-3-7-19(18)28-22(29-23)20-13-17(8-10-26-20)32-11-9-25;1-22(9-14(23)19-11-5-2-4-10(18)8-11)15-12-6-3-7-13(12)20-16(17)21-15;1-12(2,3)18-11(16)15-6-7-17-9-4-5-14-10(13)8-9;6-5-3-4(7)1-2-8-5;1-2/h5,7-8,11-12,15-16H,6,9-10,13-14,17H2,1-4H3,(H,31,37)(H,32,36);2,4-5,8,10,12-13H,3,6-7,9,11,14,25H2,1H3,(H,27,31);2,4-5,8H,3,6-7,9H2,1H3,(H,19,23);4-5,8H,6-7H2,1-3H3,(H,15,16);1-3H;2H,1H3. The number of anilines is 6. The third kappa shape index (κ3) is 32.0. The first-order valence-electron chi connectivity index (χ1n) is 38.7. The zero-order chi connectivity index (χ0) is 88.5. The number of likely N-dealkylation sites (N-methyl/N-ethyl adjacent to an activating group) is 3. The third-order valence-electron chi connectivity index (χ3n) is 17.0. The number of alkyl carbamates (subject to hydrolysis) is 2. The fourth-order valence-corrected chi connectivity index (χ4v) is 12.6. The number of carbonyl (C=O) groups excluding carboxylic acids is 5. The predicted molar refractivity (Wildman–Crippen MR) is 459 cm³/mol. The summed E-state index contributed by atoms with van der Waals surface area (Å²) in [5.41, 5.74) is 12.8. The van der Waals surface area contributed by atoms with E-state index < -0.39 is 40.8 Å². The number of ether oxygens (including phenoxy) is 5. The SMILES string of the molecule is CC(C)(C)OC(=O)NCCOc1ccnc(Cl)c1.CN(CC(=O)Nc1cccc(F)c1)c1nc(-c2cc(OCCN)ccn2)nc2c1CCC2.CN(CC(=O)Nc1cccc(F)c1)c1nc(-c2cc(OCCNC(=O)OC(C)(C)C)ccn2)nc2c1CCC2.CN(CC(=O)Nc1cccc(F)c1)c1nc(Cl)nc2c1CCC2.CO.Fc1ccnc(Cl)c1. The summed E-state index contributed by atoms with van der Waals surface area (Å²) in [5, 5.41) is 21.1. The molecule has 3 aliphatic rings. The lowest BCUT2D eigenvalue weighted by molar-refractivity contribution is -0.115. The number of nitrogens with one attached hydrogen (secondary N) is 5. The molecule has 0 spiro atoms. The third-order valence-corrected chi connectivity index (χ3v) is 17.6. The molecule has 0 fully saturated rings. The Hall–Kier alpha value is -12.2. The summed E-state index contributed by atoms with van der Waals surface area (Å²) in [4.78, 5) is 109. The van der Waals surface area contributed by atoms with Crippen LogP contribution in [-0.4, -0.2) is 183 Å². The zero-order valence-electron chi connectivity index (χ0n) is 69.2. The second-order valence-electron chi connectivity index (χ2n) is 29.2. The van der Waals surface area contributed by atoms with Gasteiger partial charge >= 0.3 is 12.2 Å². The van der Waals surface area contributed by atoms with Gasteiger partial charge in [-0.3, -0.25) is 24.4 Å². The van der Waals surface area contributed by atoms with Crippen molar-refractivity contribution in [3.05, 3.63) is 219 Å². The van der Waals surface area contributed by atoms with Crippen molar-refractivity contribution in [1.29, 1.82) is 0 Å². The molecule has 5 amide bonds. The lowest BCUT2D eigenvalue weighted by atomic mass is 10.2. The monoisotopic (exact) mass is 1740 g/mol. The molecule has 3 aromatic carbocycles. The second kappa shape index (κ2) is 47.1. The van der Waals surface area contributed by atoms with Gasteiger partial charge in [-0.05, 0) is 190 Å². The molecule has 0 unspecified atom stereocenters. The van der Waals surface area contributed by atoms with Crippen molar-refractivity contribution >= 4 is 99.2 Å². The Labute approximate surface area is 719 Å². The normalized spacial score (nSPS) is 11.9. The van der Waals surface area contributed by atoms with Crippen LogP contribution in [0.25, 0.3) is 23.0 Å². The van der Waals surface area contributed by atoms with E-state index in [-0.39, 0.29) is 66.8 Å². The Bertz CT molecular complexity index is 5160. The molecular weight excluding hydrogens is 1650 g/mol. The number of hydrogen-bond acceptors (Lipinski definition) is 25. The lowest BCUT2D eigenvalue weighted by Crippen LogP contribution is -2.34. The summed E-state index contributed by atoms with van der Waals surface area (Å²) in [6.45, 7) is 13.0. The number of aryl methyl sites for hydroxylation is 3. The van der Waals surface area contributed by atoms with Crippen LogP contribution in [-0.2, 0) is 62.4 Å². The number of rotatable bonds is 25. The second-order valence-corrected chi connectivity index (χ2v) is 30.3. The number of benzene rings is 3. The molecule has 122 heavy (non-hydrogen) atoms. The zero-order valence-corrected chi connectivity index (χ0v) is 71.4. The first kappa shape index (κ1) is 95.2. The molecule has 0 saturated carbocycles. The molecule has 7 heterocycles. The highest BCUT2D eigenvalue weighted by Gasteiger charge is 2.28. The topological polar surface area (TPSA) is 377 Å². The largest absolute Gasteiger partial charge is 0.492 e. The van der Waals surface area contributed by atoms with Gasteiger partial charge in [0.1, 0.15) is 111 Å². The van der Waals surface area contributed by atoms with Gasteiger partial charge in [-0.15, -0.1) is 0 Å². The molecule has 0 atom stereocenters. The number of carbonyl (C=O) groups is 5. The smallest absolute Gasteiger partial charge is 0.407 e. The molecule has 8 N–H and O–H groups in total. The number of pyridine rings is 4. The van der Waals surface area contributed by atoms with Crippen molar-refractivity contribution < 1.29 is 70.3 Å². The fraction of sp³-hybridized carbons (Fsp3) is 0.353. The molecule has 0 bridgehead atoms. The Kier molecular flexibility index (Phi) is 36.8. The minimum atomic E-state index is -0.571. The van der Waals surface area contributed by atoms with Gasteiger partial charge in [0, 0.05) is 129 Å². The first-order chi connectivity index (χ1) is 58.3. The maximum absolute atomic E-state index is 13.5. The number of aliphatic hydroxyl groups excluding tert-OH is 1. The van der Waals surface area contributed by atoms with Crippen LogP contribution in [0.4, 0.5) is 61.7 Å². The Morgan fingerprint density at radius 3 is 1.13 bits per heavy atom. The van der Waals surface area contributed by atoms with Gasteiger partial charge in [0.15, 0.2) is 11.6 Å². The maximum Gasteiger partial charge on any atom is 0.407 e. The fourth-order valence-electron chi connectivity index (χ4n) is 12.1. The molecule has 0 saturated heterocycles. The highest BCUT2D eigenvalue weighted by molar-refractivity contribution is 6.29. The summed E-state index contributed by atoms with van der Waals surface area (Å²) in [6, 6.07) is 30.1. The highest BCUT2D eigenvalue weighted by atomic mass is 35.5. The Morgan fingerprint density at radius 2 is 0.779 bits per heavy atom. The number of nitrogens with two attached hydrogens (primary N) is 1. The average Bonchev–Trinajstić information content (AvgIpc) is 1.57. The van der Waals surface area contributed by atoms with E-state index in [0.717, 1.165) is 105 Å². The van der Waals surface area contributed by atoms with E-state index in [4.69, 9.17) is 89.3 Å². The van der Waals surface area contributed by atoms with E-state index in [9.17, 15) is 41.5 Å². The van der Waals surface area contributed by atoms with Gasteiger partial charge in [0.2, 0.25) is 23.0 Å². The quantitative estimate of drug-likeness (QED) is 0.0121. The first-order valence-corrected chi connectivity index (χ1v) is 39.9.